The van der Waals surface area contributed by atoms with E-state index in [1.54, 1.807) is 6.20 Å². The fourth-order valence-corrected chi connectivity index (χ4v) is 4.21. The lowest BCUT2D eigenvalue weighted by Crippen LogP contribution is -2.48. The minimum absolute atomic E-state index is 0.0337. The number of carbonyl (C=O) groups excluding carboxylic acids is 1. The Labute approximate surface area is 188 Å². The monoisotopic (exact) mass is 425 g/mol. The number of hydrogen-bond donors (Lipinski definition) is 0. The smallest absolute Gasteiger partial charge is 0.259 e. The number of piperazine rings is 1. The molecule has 1 saturated heterocycles. The van der Waals surface area contributed by atoms with Gasteiger partial charge < -0.3 is 9.47 Å². The van der Waals surface area contributed by atoms with Gasteiger partial charge in [0.2, 0.25) is 0 Å². The van der Waals surface area contributed by atoms with Crippen molar-refractivity contribution in [3.63, 3.8) is 0 Å². The lowest BCUT2D eigenvalue weighted by atomic mass is 10.2. The van der Waals surface area contributed by atoms with Gasteiger partial charge in [-0.05, 0) is 36.8 Å². The van der Waals surface area contributed by atoms with E-state index in [2.05, 4.69) is 53.3 Å². The van der Waals surface area contributed by atoms with Crippen molar-refractivity contribution >= 4 is 5.91 Å². The summed E-state index contributed by atoms with van der Waals surface area (Å²) in [6.45, 7) is 6.14. The van der Waals surface area contributed by atoms with Gasteiger partial charge in [-0.1, -0.05) is 48.0 Å². The van der Waals surface area contributed by atoms with Gasteiger partial charge in [0.25, 0.3) is 5.91 Å². The van der Waals surface area contributed by atoms with E-state index >= 15 is 0 Å². The van der Waals surface area contributed by atoms with Gasteiger partial charge in [0.15, 0.2) is 5.82 Å². The van der Waals surface area contributed by atoms with Gasteiger partial charge in [0, 0.05) is 45.1 Å². The summed E-state index contributed by atoms with van der Waals surface area (Å²) in [6.07, 6.45) is 5.61. The van der Waals surface area contributed by atoms with Crippen LogP contribution >= 0.6 is 0 Å². The molecule has 5 rings (SSSR count). The highest BCUT2D eigenvalue weighted by atomic mass is 16.2. The maximum atomic E-state index is 13.5. The molecule has 6 heteroatoms. The van der Waals surface area contributed by atoms with Crippen molar-refractivity contribution in [1.82, 2.24) is 24.1 Å². The SMILES string of the molecule is Cc1ccc(-n2ncc(C(=O)N3CCN(Cc4ccccc4)CC3)c2-n2cccc2)cc1. The molecule has 1 aliphatic heterocycles. The standard InChI is InChI=1S/C26H27N5O/c1-21-9-11-23(12-10-21)31-25(29-13-5-6-14-29)24(19-27-31)26(32)30-17-15-28(16-18-30)20-22-7-3-2-4-8-22/h2-14,19H,15-18,20H2,1H3. The molecular formula is C26H27N5O. The van der Waals surface area contributed by atoms with Crippen molar-refractivity contribution < 1.29 is 4.79 Å². The maximum Gasteiger partial charge on any atom is 0.259 e. The van der Waals surface area contributed by atoms with Crippen LogP contribution in [0.1, 0.15) is 21.5 Å². The number of nitrogens with zero attached hydrogens (tertiary/aromatic N) is 5. The second-order valence-corrected chi connectivity index (χ2v) is 8.27. The first kappa shape index (κ1) is 20.3. The van der Waals surface area contributed by atoms with Crippen LogP contribution in [0.5, 0.6) is 0 Å². The van der Waals surface area contributed by atoms with Crippen LogP contribution < -0.4 is 0 Å². The zero-order valence-corrected chi connectivity index (χ0v) is 18.3. The van der Waals surface area contributed by atoms with Gasteiger partial charge in [-0.25, -0.2) is 4.68 Å². The van der Waals surface area contributed by atoms with Crippen molar-refractivity contribution in [3.8, 4) is 11.5 Å². The highest BCUT2D eigenvalue weighted by Gasteiger charge is 2.27. The van der Waals surface area contributed by atoms with Gasteiger partial charge in [-0.3, -0.25) is 9.69 Å². The lowest BCUT2D eigenvalue weighted by molar-refractivity contribution is 0.0628. The molecule has 0 atom stereocenters. The van der Waals surface area contributed by atoms with E-state index in [-0.39, 0.29) is 5.91 Å². The average Bonchev–Trinajstić information content (AvgIpc) is 3.50. The van der Waals surface area contributed by atoms with Crippen LogP contribution in [0.25, 0.3) is 11.5 Å². The van der Waals surface area contributed by atoms with Gasteiger partial charge >= 0.3 is 0 Å². The van der Waals surface area contributed by atoms with E-state index in [9.17, 15) is 4.79 Å². The van der Waals surface area contributed by atoms with Crippen molar-refractivity contribution in [2.24, 2.45) is 0 Å². The molecule has 6 nitrogen and oxygen atoms in total. The summed E-state index contributed by atoms with van der Waals surface area (Å²) < 4.78 is 3.81. The molecule has 0 N–H and O–H groups in total. The Morgan fingerprint density at radius 2 is 1.56 bits per heavy atom. The summed E-state index contributed by atoms with van der Waals surface area (Å²) in [5, 5.41) is 4.60. The first-order chi connectivity index (χ1) is 15.7. The predicted molar refractivity (Wildman–Crippen MR) is 125 cm³/mol. The Balaban J connectivity index is 1.37. The van der Waals surface area contributed by atoms with Crippen molar-refractivity contribution in [3.05, 3.63) is 102 Å². The highest BCUT2D eigenvalue weighted by molar-refractivity contribution is 5.97. The molecule has 2 aromatic heterocycles. The van der Waals surface area contributed by atoms with Crippen molar-refractivity contribution in [1.29, 1.82) is 0 Å². The van der Waals surface area contributed by atoms with Gasteiger partial charge in [0.1, 0.15) is 5.56 Å². The third-order valence-corrected chi connectivity index (χ3v) is 6.01. The molecular weight excluding hydrogens is 398 g/mol. The van der Waals surface area contributed by atoms with Crippen LogP contribution in [-0.4, -0.2) is 56.2 Å². The predicted octanol–water partition coefficient (Wildman–Crippen LogP) is 3.93. The molecule has 0 bridgehead atoms. The minimum atomic E-state index is 0.0337. The van der Waals surface area contributed by atoms with Crippen LogP contribution in [0.2, 0.25) is 0 Å². The fraction of sp³-hybridized carbons (Fsp3) is 0.231. The summed E-state index contributed by atoms with van der Waals surface area (Å²) in [7, 11) is 0. The quantitative estimate of drug-likeness (QED) is 0.487. The molecule has 2 aromatic carbocycles. The largest absolute Gasteiger partial charge is 0.336 e. The molecule has 1 aliphatic rings. The van der Waals surface area contributed by atoms with Crippen molar-refractivity contribution in [2.45, 2.75) is 13.5 Å². The Hall–Kier alpha value is -3.64. The summed E-state index contributed by atoms with van der Waals surface area (Å²) in [4.78, 5) is 17.9. The summed E-state index contributed by atoms with van der Waals surface area (Å²) in [5.41, 5.74) is 4.05. The Morgan fingerprint density at radius 1 is 0.875 bits per heavy atom. The number of aryl methyl sites for hydroxylation is 1. The number of aromatic nitrogens is 3. The summed E-state index contributed by atoms with van der Waals surface area (Å²) >= 11 is 0. The normalized spacial score (nSPS) is 14.6. The van der Waals surface area contributed by atoms with E-state index in [4.69, 9.17) is 0 Å². The highest BCUT2D eigenvalue weighted by Crippen LogP contribution is 2.22. The number of benzene rings is 2. The number of rotatable bonds is 5. The zero-order chi connectivity index (χ0) is 21.9. The first-order valence-corrected chi connectivity index (χ1v) is 11.0. The molecule has 3 heterocycles. The second kappa shape index (κ2) is 8.85. The van der Waals surface area contributed by atoms with Crippen molar-refractivity contribution in [2.75, 3.05) is 26.2 Å². The topological polar surface area (TPSA) is 46.3 Å². The average molecular weight is 426 g/mol. The number of carbonyl (C=O) groups is 1. The Morgan fingerprint density at radius 3 is 2.25 bits per heavy atom. The van der Waals surface area contributed by atoms with Gasteiger partial charge in [-0.15, -0.1) is 0 Å². The van der Waals surface area contributed by atoms with E-state index in [1.165, 1.54) is 11.1 Å². The third-order valence-electron chi connectivity index (χ3n) is 6.01. The number of amides is 1. The molecule has 1 fully saturated rings. The summed E-state index contributed by atoms with van der Waals surface area (Å²) in [6, 6.07) is 22.6. The number of hydrogen-bond acceptors (Lipinski definition) is 3. The molecule has 0 aliphatic carbocycles. The van der Waals surface area contributed by atoms with E-state index in [0.717, 1.165) is 31.1 Å². The molecule has 32 heavy (non-hydrogen) atoms. The van der Waals surface area contributed by atoms with E-state index in [0.29, 0.717) is 18.7 Å². The van der Waals surface area contributed by atoms with Crippen LogP contribution in [0.4, 0.5) is 0 Å². The molecule has 1 amide bonds. The van der Waals surface area contributed by atoms with E-state index < -0.39 is 0 Å². The van der Waals surface area contributed by atoms with Crippen LogP contribution in [0.15, 0.2) is 85.3 Å². The maximum absolute atomic E-state index is 13.5. The molecule has 162 valence electrons. The fourth-order valence-electron chi connectivity index (χ4n) is 4.21. The van der Waals surface area contributed by atoms with Crippen LogP contribution in [0, 0.1) is 6.92 Å². The molecule has 0 spiro atoms. The molecule has 0 unspecified atom stereocenters. The van der Waals surface area contributed by atoms with E-state index in [1.807, 2.05) is 56.9 Å². The minimum Gasteiger partial charge on any atom is -0.336 e. The summed E-state index contributed by atoms with van der Waals surface area (Å²) in [5.74, 6) is 0.807. The lowest BCUT2D eigenvalue weighted by Gasteiger charge is -2.34. The van der Waals surface area contributed by atoms with Gasteiger partial charge in [-0.2, -0.15) is 5.10 Å². The second-order valence-electron chi connectivity index (χ2n) is 8.27. The Kier molecular flexibility index (Phi) is 5.60. The molecule has 0 saturated carbocycles. The third kappa shape index (κ3) is 4.09. The zero-order valence-electron chi connectivity index (χ0n) is 18.3. The first-order valence-electron chi connectivity index (χ1n) is 11.0. The van der Waals surface area contributed by atoms with Crippen LogP contribution in [0.3, 0.4) is 0 Å². The van der Waals surface area contributed by atoms with Gasteiger partial charge in [0.05, 0.1) is 11.9 Å². The Bertz CT molecular complexity index is 1170. The molecule has 4 aromatic rings. The molecule has 0 radical (unpaired) electrons. The van der Waals surface area contributed by atoms with Crippen LogP contribution in [-0.2, 0) is 6.54 Å².